The molecule has 0 aliphatic heterocycles. The highest BCUT2D eigenvalue weighted by atomic mass is 16.5. The SMILES string of the molecule is CCOC(=O)c1ccc(-c2ccc(OC)cc2)nc1C=O. The largest absolute Gasteiger partial charge is 0.497 e. The van der Waals surface area contributed by atoms with Crippen LogP contribution >= 0.6 is 0 Å². The molecule has 0 fully saturated rings. The number of methoxy groups -OCH3 is 1. The van der Waals surface area contributed by atoms with E-state index in [2.05, 4.69) is 4.98 Å². The number of aromatic nitrogens is 1. The molecule has 0 aliphatic rings. The normalized spacial score (nSPS) is 10.0. The van der Waals surface area contributed by atoms with Gasteiger partial charge in [0.2, 0.25) is 0 Å². The van der Waals surface area contributed by atoms with Crippen LogP contribution in [0, 0.1) is 0 Å². The number of hydrogen-bond acceptors (Lipinski definition) is 5. The van der Waals surface area contributed by atoms with Crippen LogP contribution < -0.4 is 4.74 Å². The number of pyridine rings is 1. The number of carbonyl (C=O) groups excluding carboxylic acids is 2. The van der Waals surface area contributed by atoms with Crippen LogP contribution in [0.15, 0.2) is 36.4 Å². The predicted molar refractivity (Wildman–Crippen MR) is 77.6 cm³/mol. The molecule has 0 spiro atoms. The number of aldehydes is 1. The highest BCUT2D eigenvalue weighted by Crippen LogP contribution is 2.22. The molecule has 2 rings (SSSR count). The number of rotatable bonds is 5. The van der Waals surface area contributed by atoms with Crippen LogP contribution in [0.3, 0.4) is 0 Å². The number of hydrogen-bond donors (Lipinski definition) is 0. The van der Waals surface area contributed by atoms with E-state index in [0.717, 1.165) is 11.3 Å². The number of ether oxygens (including phenoxy) is 2. The third kappa shape index (κ3) is 3.25. The lowest BCUT2D eigenvalue weighted by Crippen LogP contribution is -2.09. The summed E-state index contributed by atoms with van der Waals surface area (Å²) in [4.78, 5) is 27.1. The summed E-state index contributed by atoms with van der Waals surface area (Å²) in [6.45, 7) is 1.95. The Kier molecular flexibility index (Phi) is 4.66. The lowest BCUT2D eigenvalue weighted by Gasteiger charge is -2.07. The highest BCUT2D eigenvalue weighted by Gasteiger charge is 2.14. The summed E-state index contributed by atoms with van der Waals surface area (Å²) < 4.78 is 9.98. The molecule has 5 heteroatoms. The van der Waals surface area contributed by atoms with E-state index in [9.17, 15) is 9.59 Å². The lowest BCUT2D eigenvalue weighted by molar-refractivity contribution is 0.0523. The second-order valence-corrected chi connectivity index (χ2v) is 4.20. The fourth-order valence-corrected chi connectivity index (χ4v) is 1.87. The van der Waals surface area contributed by atoms with Crippen LogP contribution in [-0.4, -0.2) is 31.0 Å². The molecule has 0 saturated carbocycles. The van der Waals surface area contributed by atoms with E-state index in [-0.39, 0.29) is 17.9 Å². The summed E-state index contributed by atoms with van der Waals surface area (Å²) in [5.74, 6) is 0.186. The smallest absolute Gasteiger partial charge is 0.340 e. The first-order valence-corrected chi connectivity index (χ1v) is 6.47. The molecular weight excluding hydrogens is 270 g/mol. The Labute approximate surface area is 122 Å². The molecule has 0 bridgehead atoms. The number of carbonyl (C=O) groups is 2. The van der Waals surface area contributed by atoms with Crippen LogP contribution in [0.5, 0.6) is 5.75 Å². The van der Waals surface area contributed by atoms with Gasteiger partial charge < -0.3 is 9.47 Å². The second-order valence-electron chi connectivity index (χ2n) is 4.20. The van der Waals surface area contributed by atoms with E-state index >= 15 is 0 Å². The fourth-order valence-electron chi connectivity index (χ4n) is 1.87. The van der Waals surface area contributed by atoms with Crippen molar-refractivity contribution >= 4 is 12.3 Å². The van der Waals surface area contributed by atoms with Crippen molar-refractivity contribution in [3.63, 3.8) is 0 Å². The van der Waals surface area contributed by atoms with Crippen LogP contribution in [-0.2, 0) is 4.74 Å². The zero-order valence-corrected chi connectivity index (χ0v) is 11.8. The van der Waals surface area contributed by atoms with Crippen molar-refractivity contribution in [2.75, 3.05) is 13.7 Å². The maximum atomic E-state index is 11.7. The molecule has 0 unspecified atom stereocenters. The molecule has 0 N–H and O–H groups in total. The molecule has 1 aromatic carbocycles. The van der Waals surface area contributed by atoms with Crippen molar-refractivity contribution < 1.29 is 19.1 Å². The lowest BCUT2D eigenvalue weighted by atomic mass is 10.1. The van der Waals surface area contributed by atoms with Crippen LogP contribution in [0.4, 0.5) is 0 Å². The number of esters is 1. The first-order valence-electron chi connectivity index (χ1n) is 6.47. The molecule has 1 heterocycles. The summed E-state index contributed by atoms with van der Waals surface area (Å²) in [6.07, 6.45) is 0.555. The van der Waals surface area contributed by atoms with Gasteiger partial charge in [-0.3, -0.25) is 4.79 Å². The molecule has 0 saturated heterocycles. The average molecular weight is 285 g/mol. The molecule has 2 aromatic rings. The minimum Gasteiger partial charge on any atom is -0.497 e. The average Bonchev–Trinajstić information content (AvgIpc) is 2.54. The van der Waals surface area contributed by atoms with Crippen molar-refractivity contribution in [2.45, 2.75) is 6.92 Å². The van der Waals surface area contributed by atoms with Gasteiger partial charge in [0.15, 0.2) is 6.29 Å². The maximum absolute atomic E-state index is 11.7. The minimum absolute atomic E-state index is 0.0711. The van der Waals surface area contributed by atoms with E-state index in [4.69, 9.17) is 9.47 Å². The fraction of sp³-hybridized carbons (Fsp3) is 0.188. The molecular formula is C16H15NO4. The van der Waals surface area contributed by atoms with Gasteiger partial charge in [0, 0.05) is 5.56 Å². The zero-order valence-electron chi connectivity index (χ0n) is 11.8. The van der Waals surface area contributed by atoms with Crippen molar-refractivity contribution in [3.05, 3.63) is 47.7 Å². The monoisotopic (exact) mass is 285 g/mol. The predicted octanol–water partition coefficient (Wildman–Crippen LogP) is 2.75. The van der Waals surface area contributed by atoms with Crippen molar-refractivity contribution in [1.29, 1.82) is 0 Å². The first-order chi connectivity index (χ1) is 10.2. The van der Waals surface area contributed by atoms with Gasteiger partial charge in [0.05, 0.1) is 25.0 Å². The van der Waals surface area contributed by atoms with Crippen molar-refractivity contribution in [2.24, 2.45) is 0 Å². The Hall–Kier alpha value is -2.69. The van der Waals surface area contributed by atoms with Gasteiger partial charge in [0.1, 0.15) is 11.4 Å². The molecule has 21 heavy (non-hydrogen) atoms. The molecule has 1 aromatic heterocycles. The van der Waals surface area contributed by atoms with Gasteiger partial charge in [0.25, 0.3) is 0 Å². The summed E-state index contributed by atoms with van der Waals surface area (Å²) in [5, 5.41) is 0. The van der Waals surface area contributed by atoms with Crippen LogP contribution in [0.25, 0.3) is 11.3 Å². The van der Waals surface area contributed by atoms with E-state index < -0.39 is 5.97 Å². The second kappa shape index (κ2) is 6.65. The summed E-state index contributed by atoms with van der Waals surface area (Å²) >= 11 is 0. The molecule has 108 valence electrons. The Balaban J connectivity index is 2.37. The van der Waals surface area contributed by atoms with E-state index in [0.29, 0.717) is 12.0 Å². The molecule has 5 nitrogen and oxygen atoms in total. The van der Waals surface area contributed by atoms with Crippen LogP contribution in [0.2, 0.25) is 0 Å². The van der Waals surface area contributed by atoms with E-state index in [1.165, 1.54) is 0 Å². The molecule has 0 aliphatic carbocycles. The van der Waals surface area contributed by atoms with Gasteiger partial charge >= 0.3 is 5.97 Å². The third-order valence-corrected chi connectivity index (χ3v) is 2.92. The summed E-state index contributed by atoms with van der Waals surface area (Å²) in [5.41, 5.74) is 1.67. The quantitative estimate of drug-likeness (QED) is 0.624. The standard InChI is InChI=1S/C16H15NO4/c1-3-21-16(19)13-8-9-14(17-15(13)10-18)11-4-6-12(20-2)7-5-11/h4-10H,3H2,1-2H3. The Morgan fingerprint density at radius 2 is 1.90 bits per heavy atom. The Morgan fingerprint density at radius 3 is 2.48 bits per heavy atom. The van der Waals surface area contributed by atoms with Gasteiger partial charge in [-0.05, 0) is 43.3 Å². The number of benzene rings is 1. The van der Waals surface area contributed by atoms with E-state index in [1.807, 2.05) is 12.1 Å². The van der Waals surface area contributed by atoms with Gasteiger partial charge in [-0.15, -0.1) is 0 Å². The molecule has 0 atom stereocenters. The van der Waals surface area contributed by atoms with Gasteiger partial charge in [-0.1, -0.05) is 0 Å². The minimum atomic E-state index is -0.548. The molecule has 0 amide bonds. The molecule has 0 radical (unpaired) electrons. The van der Waals surface area contributed by atoms with E-state index in [1.54, 1.807) is 38.3 Å². The van der Waals surface area contributed by atoms with Gasteiger partial charge in [-0.25, -0.2) is 9.78 Å². The highest BCUT2D eigenvalue weighted by molar-refractivity contribution is 5.97. The third-order valence-electron chi connectivity index (χ3n) is 2.92. The maximum Gasteiger partial charge on any atom is 0.340 e. The summed E-state index contributed by atoms with van der Waals surface area (Å²) in [7, 11) is 1.59. The summed E-state index contributed by atoms with van der Waals surface area (Å²) in [6, 6.07) is 10.5. The van der Waals surface area contributed by atoms with Crippen molar-refractivity contribution in [3.8, 4) is 17.0 Å². The van der Waals surface area contributed by atoms with Crippen molar-refractivity contribution in [1.82, 2.24) is 4.98 Å². The number of nitrogens with zero attached hydrogens (tertiary/aromatic N) is 1. The first kappa shape index (κ1) is 14.7. The van der Waals surface area contributed by atoms with Gasteiger partial charge in [-0.2, -0.15) is 0 Å². The zero-order chi connectivity index (χ0) is 15.2. The topological polar surface area (TPSA) is 65.5 Å². The Bertz CT molecular complexity index is 650. The Morgan fingerprint density at radius 1 is 1.19 bits per heavy atom. The van der Waals surface area contributed by atoms with Crippen LogP contribution in [0.1, 0.15) is 27.8 Å².